The third-order valence-corrected chi connectivity index (χ3v) is 2.78. The molecule has 2 rings (SSSR count). The van der Waals surface area contributed by atoms with Crippen molar-refractivity contribution >= 4 is 11.7 Å². The van der Waals surface area contributed by atoms with Crippen LogP contribution in [0.5, 0.6) is 0 Å². The second-order valence-electron chi connectivity index (χ2n) is 4.03. The van der Waals surface area contributed by atoms with Gasteiger partial charge in [-0.05, 0) is 25.5 Å². The molecule has 0 saturated carbocycles. The number of rotatable bonds is 3. The van der Waals surface area contributed by atoms with Crippen molar-refractivity contribution in [2.75, 3.05) is 5.32 Å². The number of pyridine rings is 1. The van der Waals surface area contributed by atoms with E-state index in [1.165, 1.54) is 0 Å². The summed E-state index contributed by atoms with van der Waals surface area (Å²) in [5, 5.41) is 9.53. The van der Waals surface area contributed by atoms with Crippen LogP contribution in [0.15, 0.2) is 18.3 Å². The van der Waals surface area contributed by atoms with Crippen LogP contribution in [-0.2, 0) is 6.54 Å². The maximum Gasteiger partial charge on any atom is 0.275 e. The van der Waals surface area contributed by atoms with Crippen molar-refractivity contribution < 1.29 is 4.79 Å². The molecule has 0 unspecified atom stereocenters. The summed E-state index contributed by atoms with van der Waals surface area (Å²) in [6.45, 7) is 4.19. The number of aromatic amines is 1. The van der Waals surface area contributed by atoms with Crippen LogP contribution in [0.4, 0.5) is 5.82 Å². The molecule has 18 heavy (non-hydrogen) atoms. The number of aromatic nitrogens is 3. The molecule has 1 amide bonds. The highest BCUT2D eigenvalue weighted by Gasteiger charge is 2.12. The molecule has 0 aliphatic carbocycles. The SMILES string of the molecule is Cc1[nH]nc(NC(=O)c2ccc(CN)cn2)c1C. The van der Waals surface area contributed by atoms with E-state index in [1.54, 1.807) is 18.3 Å². The Morgan fingerprint density at radius 3 is 2.72 bits per heavy atom. The molecule has 2 aromatic rings. The molecule has 0 aliphatic heterocycles. The van der Waals surface area contributed by atoms with Crippen molar-refractivity contribution in [3.63, 3.8) is 0 Å². The van der Waals surface area contributed by atoms with Gasteiger partial charge in [0.15, 0.2) is 5.82 Å². The predicted molar refractivity (Wildman–Crippen MR) is 68.1 cm³/mol. The second kappa shape index (κ2) is 4.97. The van der Waals surface area contributed by atoms with Crippen molar-refractivity contribution in [1.82, 2.24) is 15.2 Å². The fourth-order valence-electron chi connectivity index (χ4n) is 1.46. The molecule has 0 atom stereocenters. The highest BCUT2D eigenvalue weighted by atomic mass is 16.1. The van der Waals surface area contributed by atoms with E-state index in [0.717, 1.165) is 16.8 Å². The van der Waals surface area contributed by atoms with E-state index in [2.05, 4.69) is 20.5 Å². The van der Waals surface area contributed by atoms with Crippen LogP contribution >= 0.6 is 0 Å². The number of nitrogens with two attached hydrogens (primary N) is 1. The summed E-state index contributed by atoms with van der Waals surface area (Å²) in [6.07, 6.45) is 1.59. The number of carbonyl (C=O) groups is 1. The zero-order valence-electron chi connectivity index (χ0n) is 10.3. The van der Waals surface area contributed by atoms with Crippen molar-refractivity contribution in [2.45, 2.75) is 20.4 Å². The molecule has 6 nitrogen and oxygen atoms in total. The standard InChI is InChI=1S/C12H15N5O/c1-7-8(2)16-17-11(7)15-12(18)10-4-3-9(5-13)6-14-10/h3-4,6H,5,13H2,1-2H3,(H2,15,16,17,18). The first kappa shape index (κ1) is 12.3. The number of H-pyrrole nitrogens is 1. The van der Waals surface area contributed by atoms with Crippen LogP contribution in [0.25, 0.3) is 0 Å². The Hall–Kier alpha value is -2.21. The van der Waals surface area contributed by atoms with Gasteiger partial charge in [0.25, 0.3) is 5.91 Å². The van der Waals surface area contributed by atoms with Crippen LogP contribution in [0, 0.1) is 13.8 Å². The molecule has 0 fully saturated rings. The van der Waals surface area contributed by atoms with Gasteiger partial charge in [-0.25, -0.2) is 0 Å². The minimum Gasteiger partial charge on any atom is -0.326 e. The lowest BCUT2D eigenvalue weighted by molar-refractivity contribution is 0.102. The summed E-state index contributed by atoms with van der Waals surface area (Å²) in [5.74, 6) is 0.246. The number of nitrogens with one attached hydrogen (secondary N) is 2. The number of anilines is 1. The zero-order chi connectivity index (χ0) is 13.1. The Kier molecular flexibility index (Phi) is 3.38. The highest BCUT2D eigenvalue weighted by molar-refractivity contribution is 6.02. The smallest absolute Gasteiger partial charge is 0.275 e. The lowest BCUT2D eigenvalue weighted by Gasteiger charge is -2.03. The summed E-state index contributed by atoms with van der Waals surface area (Å²) in [7, 11) is 0. The van der Waals surface area contributed by atoms with Gasteiger partial charge in [0.1, 0.15) is 5.69 Å². The molecule has 0 aromatic carbocycles. The predicted octanol–water partition coefficient (Wildman–Crippen LogP) is 1.13. The molecular formula is C12H15N5O. The Balaban J connectivity index is 2.14. The fourth-order valence-corrected chi connectivity index (χ4v) is 1.46. The maximum absolute atomic E-state index is 11.9. The average Bonchev–Trinajstić information content (AvgIpc) is 2.71. The number of nitrogens with zero attached hydrogens (tertiary/aromatic N) is 2. The minimum atomic E-state index is -0.284. The highest BCUT2D eigenvalue weighted by Crippen LogP contribution is 2.14. The van der Waals surface area contributed by atoms with Gasteiger partial charge < -0.3 is 11.1 Å². The average molecular weight is 245 g/mol. The Morgan fingerprint density at radius 2 is 2.22 bits per heavy atom. The maximum atomic E-state index is 11.9. The van der Waals surface area contributed by atoms with Crippen LogP contribution in [0.1, 0.15) is 27.3 Å². The third-order valence-electron chi connectivity index (χ3n) is 2.78. The zero-order valence-corrected chi connectivity index (χ0v) is 10.3. The van der Waals surface area contributed by atoms with Crippen molar-refractivity contribution in [1.29, 1.82) is 0 Å². The molecule has 94 valence electrons. The first-order valence-corrected chi connectivity index (χ1v) is 5.59. The van der Waals surface area contributed by atoms with Crippen molar-refractivity contribution in [3.05, 3.63) is 40.8 Å². The number of carbonyl (C=O) groups excluding carboxylic acids is 1. The monoisotopic (exact) mass is 245 g/mol. The number of aryl methyl sites for hydroxylation is 1. The van der Waals surface area contributed by atoms with Gasteiger partial charge in [-0.2, -0.15) is 5.10 Å². The summed E-state index contributed by atoms with van der Waals surface area (Å²) in [4.78, 5) is 16.0. The Labute approximate surface area is 105 Å². The molecule has 0 saturated heterocycles. The quantitative estimate of drug-likeness (QED) is 0.755. The Morgan fingerprint density at radius 1 is 1.44 bits per heavy atom. The van der Waals surface area contributed by atoms with Gasteiger partial charge in [-0.3, -0.25) is 14.9 Å². The van der Waals surface area contributed by atoms with Gasteiger partial charge in [0, 0.05) is 24.0 Å². The Bertz CT molecular complexity index is 558. The van der Waals surface area contributed by atoms with E-state index in [4.69, 9.17) is 5.73 Å². The molecule has 2 heterocycles. The lowest BCUT2D eigenvalue weighted by Crippen LogP contribution is -2.15. The lowest BCUT2D eigenvalue weighted by atomic mass is 10.2. The fraction of sp³-hybridized carbons (Fsp3) is 0.250. The van der Waals surface area contributed by atoms with Crippen LogP contribution in [0.2, 0.25) is 0 Å². The normalized spacial score (nSPS) is 10.4. The van der Waals surface area contributed by atoms with E-state index in [1.807, 2.05) is 13.8 Å². The van der Waals surface area contributed by atoms with E-state index < -0.39 is 0 Å². The van der Waals surface area contributed by atoms with Crippen LogP contribution < -0.4 is 11.1 Å². The van der Waals surface area contributed by atoms with E-state index in [0.29, 0.717) is 18.1 Å². The van der Waals surface area contributed by atoms with Gasteiger partial charge >= 0.3 is 0 Å². The summed E-state index contributed by atoms with van der Waals surface area (Å²) in [5.41, 5.74) is 8.54. The molecule has 0 spiro atoms. The largest absolute Gasteiger partial charge is 0.326 e. The van der Waals surface area contributed by atoms with Gasteiger partial charge in [0.2, 0.25) is 0 Å². The van der Waals surface area contributed by atoms with Gasteiger partial charge in [-0.1, -0.05) is 6.07 Å². The summed E-state index contributed by atoms with van der Waals surface area (Å²) < 4.78 is 0. The van der Waals surface area contributed by atoms with Gasteiger partial charge in [-0.15, -0.1) is 0 Å². The molecule has 0 aliphatic rings. The first-order chi connectivity index (χ1) is 8.61. The molecule has 4 N–H and O–H groups in total. The molecular weight excluding hydrogens is 230 g/mol. The molecule has 0 bridgehead atoms. The van der Waals surface area contributed by atoms with Crippen LogP contribution in [-0.4, -0.2) is 21.1 Å². The topological polar surface area (TPSA) is 96.7 Å². The second-order valence-corrected chi connectivity index (χ2v) is 4.03. The third kappa shape index (κ3) is 2.38. The van der Waals surface area contributed by atoms with Crippen molar-refractivity contribution in [3.8, 4) is 0 Å². The molecule has 0 radical (unpaired) electrons. The van der Waals surface area contributed by atoms with E-state index in [9.17, 15) is 4.79 Å². The minimum absolute atomic E-state index is 0.284. The number of amides is 1. The number of hydrogen-bond donors (Lipinski definition) is 3. The van der Waals surface area contributed by atoms with E-state index in [-0.39, 0.29) is 5.91 Å². The van der Waals surface area contributed by atoms with Crippen LogP contribution in [0.3, 0.4) is 0 Å². The summed E-state index contributed by atoms with van der Waals surface area (Å²) in [6, 6.07) is 3.43. The van der Waals surface area contributed by atoms with Gasteiger partial charge in [0.05, 0.1) is 0 Å². The van der Waals surface area contributed by atoms with Crippen molar-refractivity contribution in [2.24, 2.45) is 5.73 Å². The number of hydrogen-bond acceptors (Lipinski definition) is 4. The summed E-state index contributed by atoms with van der Waals surface area (Å²) >= 11 is 0. The first-order valence-electron chi connectivity index (χ1n) is 5.59. The molecule has 6 heteroatoms. The van der Waals surface area contributed by atoms with E-state index >= 15 is 0 Å². The molecule has 2 aromatic heterocycles.